The lowest BCUT2D eigenvalue weighted by Gasteiger charge is -2.23. The lowest BCUT2D eigenvalue weighted by molar-refractivity contribution is -0.115. The molecule has 12 nitrogen and oxygen atoms in total. The molecule has 0 N–H and O–H groups in total. The summed E-state index contributed by atoms with van der Waals surface area (Å²) in [4.78, 5) is 112. The van der Waals surface area contributed by atoms with Gasteiger partial charge in [0, 0.05) is 109 Å². The summed E-state index contributed by atoms with van der Waals surface area (Å²) in [6.45, 7) is 0.324. The molecule has 0 atom stereocenters. The summed E-state index contributed by atoms with van der Waals surface area (Å²) in [5.41, 5.74) is 6.89. The van der Waals surface area contributed by atoms with Crippen molar-refractivity contribution in [1.82, 2.24) is 0 Å². The van der Waals surface area contributed by atoms with Gasteiger partial charge in [0.25, 0.3) is 0 Å². The highest BCUT2D eigenvalue weighted by Gasteiger charge is 2.32. The first-order chi connectivity index (χ1) is 35.9. The van der Waals surface area contributed by atoms with Crippen LogP contribution in [0.2, 0.25) is 0 Å². The van der Waals surface area contributed by atoms with E-state index in [1.54, 1.807) is 72.8 Å². The number of benzene rings is 4. The van der Waals surface area contributed by atoms with E-state index in [4.69, 9.17) is 18.9 Å². The van der Waals surface area contributed by atoms with E-state index in [2.05, 4.69) is 0 Å². The van der Waals surface area contributed by atoms with E-state index in [0.29, 0.717) is 80.3 Å². The van der Waals surface area contributed by atoms with Gasteiger partial charge in [0.05, 0.1) is 26.4 Å². The third-order valence-electron chi connectivity index (χ3n) is 14.2. The first kappa shape index (κ1) is 47.7. The zero-order chi connectivity index (χ0) is 51.0. The number of hydrogen-bond donors (Lipinski definition) is 0. The molecule has 20 bridgehead atoms. The minimum absolute atomic E-state index is 0.0333. The van der Waals surface area contributed by atoms with Crippen LogP contribution in [0.1, 0.15) is 57.3 Å². The third kappa shape index (κ3) is 9.70. The second kappa shape index (κ2) is 20.1. The molecule has 4 aromatic rings. The number of Topliss-reactive ketones (excluding diaryl/α,β-unsaturated/α-hetero) is 4. The van der Waals surface area contributed by atoms with Crippen LogP contribution in [-0.2, 0) is 89.7 Å². The molecule has 6 aliphatic carbocycles. The Labute approximate surface area is 426 Å². The van der Waals surface area contributed by atoms with Crippen molar-refractivity contribution in [1.29, 1.82) is 0 Å². The monoisotopic (exact) mass is 984 g/mol. The Bertz CT molecular complexity index is 2850. The third-order valence-corrected chi connectivity index (χ3v) is 14.2. The molecule has 368 valence electrons. The van der Waals surface area contributed by atoms with Gasteiger partial charge in [0.2, 0.25) is 0 Å². The summed E-state index contributed by atoms with van der Waals surface area (Å²) in [5, 5.41) is 0. The predicted octanol–water partition coefficient (Wildman–Crippen LogP) is 7.48. The molecule has 0 saturated heterocycles. The van der Waals surface area contributed by atoms with Crippen LogP contribution in [0.5, 0.6) is 23.0 Å². The van der Waals surface area contributed by atoms with Crippen molar-refractivity contribution in [2.45, 2.75) is 64.2 Å². The van der Waals surface area contributed by atoms with E-state index in [0.717, 1.165) is 0 Å². The Kier molecular flexibility index (Phi) is 13.0. The second-order valence-corrected chi connectivity index (χ2v) is 19.4. The average molecular weight is 985 g/mol. The average Bonchev–Trinajstić information content (AvgIpc) is 3.36. The van der Waals surface area contributed by atoms with Crippen LogP contribution in [0.4, 0.5) is 0 Å². The largest absolute Gasteiger partial charge is 0.493 e. The van der Waals surface area contributed by atoms with Crippen LogP contribution in [0.3, 0.4) is 0 Å². The van der Waals surface area contributed by atoms with E-state index in [1.165, 1.54) is 48.6 Å². The van der Waals surface area contributed by atoms with Crippen LogP contribution in [0, 0.1) is 0 Å². The maximum Gasteiger partial charge on any atom is 0.185 e. The Morgan fingerprint density at radius 3 is 0.568 bits per heavy atom. The molecular formula is C62H48O12. The van der Waals surface area contributed by atoms with Gasteiger partial charge < -0.3 is 18.9 Å². The van der Waals surface area contributed by atoms with Gasteiger partial charge in [-0.3, -0.25) is 38.4 Å². The number of allylic oxidation sites excluding steroid dienone is 16. The Hall–Kier alpha value is -8.64. The summed E-state index contributed by atoms with van der Waals surface area (Å²) in [6, 6.07) is 21.6. The Morgan fingerprint density at radius 2 is 0.405 bits per heavy atom. The molecule has 0 aromatic heterocycles. The molecule has 4 aromatic carbocycles. The SMILES string of the molecule is O=C1C=C2Cc3cccc4c3OCCCOc3c5cccc3CC3=CC(=O)C=C(Cc6cccc(c6OCCCOc6c(cccc6CC6=CC(=O)C=C(C4)C6=O)CC(=C1)C2=O)CC1=CC(=O)C=C(C5)C1=O)C3=O. The molecule has 74 heavy (non-hydrogen) atoms. The number of hydrogen-bond acceptors (Lipinski definition) is 12. The number of rotatable bonds is 0. The number of ether oxygens (including phenoxy) is 4. The van der Waals surface area contributed by atoms with Gasteiger partial charge in [-0.25, -0.2) is 0 Å². The van der Waals surface area contributed by atoms with E-state index in [9.17, 15) is 38.4 Å². The fraction of sp³-hybridized carbons (Fsp3) is 0.226. The van der Waals surface area contributed by atoms with Crippen LogP contribution < -0.4 is 18.9 Å². The Balaban J connectivity index is 1.04. The van der Waals surface area contributed by atoms with Crippen molar-refractivity contribution >= 4 is 46.3 Å². The Morgan fingerprint density at radius 1 is 0.243 bits per heavy atom. The molecule has 0 radical (unpaired) electrons. The van der Waals surface area contributed by atoms with E-state index in [1.807, 2.05) is 0 Å². The first-order valence-corrected chi connectivity index (χ1v) is 24.9. The molecule has 0 amide bonds. The maximum absolute atomic E-state index is 14.5. The van der Waals surface area contributed by atoms with Gasteiger partial charge >= 0.3 is 0 Å². The minimum Gasteiger partial charge on any atom is -0.493 e. The van der Waals surface area contributed by atoms with Crippen LogP contribution in [0.25, 0.3) is 0 Å². The van der Waals surface area contributed by atoms with Gasteiger partial charge in [0.1, 0.15) is 23.0 Å². The lowest BCUT2D eigenvalue weighted by Crippen LogP contribution is -2.21. The maximum atomic E-state index is 14.5. The van der Waals surface area contributed by atoms with E-state index >= 15 is 0 Å². The predicted molar refractivity (Wildman–Crippen MR) is 271 cm³/mol. The molecular weight excluding hydrogens is 937 g/mol. The summed E-state index contributed by atoms with van der Waals surface area (Å²) in [5.74, 6) is -0.873. The standard InChI is InChI=1S/C62H48O12/c63-51-27-43-19-35-7-1-8-36-20-44-28-52(64)30-46(56(44)68)22-38-10-2-9-37(21-45(29-51)55(43)67)60(38)73-17-6-18-74-62-41-13-4-14-42(62)26-50-34-54(66)32-48(58(50)70)24-40-12-3-11-39(61(40)72-16-5-15-71-59(35)36)23-47-31-53(65)33-49(25-41)57(47)69/h1-4,7-14,27-34H,5-6,15-26H2. The van der Waals surface area contributed by atoms with Crippen LogP contribution in [0.15, 0.2) is 166 Å². The molecule has 12 rings (SSSR count). The van der Waals surface area contributed by atoms with Crippen molar-refractivity contribution in [3.05, 3.63) is 210 Å². The number of para-hydroxylation sites is 4. The fourth-order valence-electron chi connectivity index (χ4n) is 10.8. The fourth-order valence-corrected chi connectivity index (χ4v) is 10.8. The smallest absolute Gasteiger partial charge is 0.185 e. The van der Waals surface area contributed by atoms with Crippen molar-refractivity contribution in [3.63, 3.8) is 0 Å². The number of ketones is 8. The highest BCUT2D eigenvalue weighted by Crippen LogP contribution is 2.38. The molecule has 0 saturated carbocycles. The van der Waals surface area contributed by atoms with Gasteiger partial charge in [-0.15, -0.1) is 0 Å². The van der Waals surface area contributed by atoms with Crippen LogP contribution in [-0.4, -0.2) is 72.7 Å². The van der Waals surface area contributed by atoms with Crippen molar-refractivity contribution < 1.29 is 57.3 Å². The van der Waals surface area contributed by atoms with Gasteiger partial charge in [-0.2, -0.15) is 0 Å². The van der Waals surface area contributed by atoms with E-state index < -0.39 is 0 Å². The molecule has 0 spiro atoms. The normalized spacial score (nSPS) is 19.4. The quantitative estimate of drug-likeness (QED) is 0.159. The summed E-state index contributed by atoms with van der Waals surface area (Å²) < 4.78 is 26.4. The highest BCUT2D eigenvalue weighted by atomic mass is 16.5. The van der Waals surface area contributed by atoms with Crippen molar-refractivity contribution in [3.8, 4) is 23.0 Å². The summed E-state index contributed by atoms with van der Waals surface area (Å²) in [6.07, 6.45) is 11.6. The molecule has 0 fully saturated rings. The zero-order valence-electron chi connectivity index (χ0n) is 40.3. The number of carbonyl (C=O) groups is 8. The lowest BCUT2D eigenvalue weighted by atomic mass is 9.84. The first-order valence-electron chi connectivity index (χ1n) is 24.9. The molecule has 8 aliphatic rings. The zero-order valence-corrected chi connectivity index (χ0v) is 40.3. The van der Waals surface area contributed by atoms with E-state index in [-0.39, 0.29) is 169 Å². The number of fused-ring (bicyclic) bond motifs is 10. The van der Waals surface area contributed by atoms with Gasteiger partial charge in [0.15, 0.2) is 46.3 Å². The second-order valence-electron chi connectivity index (χ2n) is 19.4. The van der Waals surface area contributed by atoms with Gasteiger partial charge in [-0.05, 0) is 93.1 Å². The van der Waals surface area contributed by atoms with Crippen molar-refractivity contribution in [2.75, 3.05) is 26.4 Å². The molecule has 0 unspecified atom stereocenters. The molecule has 2 aliphatic heterocycles. The van der Waals surface area contributed by atoms with Crippen molar-refractivity contribution in [2.24, 2.45) is 0 Å². The number of carbonyl (C=O) groups excluding carboxylic acids is 8. The molecule has 12 heteroatoms. The summed E-state index contributed by atoms with van der Waals surface area (Å²) >= 11 is 0. The highest BCUT2D eigenvalue weighted by molar-refractivity contribution is 6.23. The van der Waals surface area contributed by atoms with Crippen LogP contribution >= 0.6 is 0 Å². The summed E-state index contributed by atoms with van der Waals surface area (Å²) in [7, 11) is 0. The minimum atomic E-state index is -0.325. The topological polar surface area (TPSA) is 173 Å². The molecule has 2 heterocycles. The van der Waals surface area contributed by atoms with Gasteiger partial charge in [-0.1, -0.05) is 72.8 Å².